The summed E-state index contributed by atoms with van der Waals surface area (Å²) in [5.74, 6) is 1.40. The first-order valence-electron chi connectivity index (χ1n) is 6.97. The molecule has 0 spiro atoms. The fourth-order valence-electron chi connectivity index (χ4n) is 2.54. The van der Waals surface area contributed by atoms with E-state index in [1.54, 1.807) is 18.2 Å². The first-order valence-corrected chi connectivity index (χ1v) is 6.97. The Labute approximate surface area is 115 Å². The number of hydrogen-bond acceptors (Lipinski definition) is 4. The summed E-state index contributed by atoms with van der Waals surface area (Å²) in [6.45, 7) is 7.12. The maximum atomic E-state index is 9.37. The van der Waals surface area contributed by atoms with Gasteiger partial charge in [-0.2, -0.15) is 0 Å². The van der Waals surface area contributed by atoms with Crippen LogP contribution in [0.3, 0.4) is 0 Å². The van der Waals surface area contributed by atoms with E-state index < -0.39 is 0 Å². The van der Waals surface area contributed by atoms with Gasteiger partial charge in [0.05, 0.1) is 0 Å². The van der Waals surface area contributed by atoms with Gasteiger partial charge in [-0.1, -0.05) is 6.07 Å². The first-order chi connectivity index (χ1) is 9.06. The standard InChI is InChI=1S/C15H24N2O2/c1-11(2)17-7-6-12(9-17)15(16)10-19-14-5-3-4-13(18)8-14/h3-5,8,11-12,15,18H,6-7,9-10,16H2,1-2H3. The van der Waals surface area contributed by atoms with Gasteiger partial charge in [-0.05, 0) is 44.9 Å². The second-order valence-corrected chi connectivity index (χ2v) is 5.61. The Hall–Kier alpha value is -1.26. The van der Waals surface area contributed by atoms with Crippen LogP contribution in [-0.2, 0) is 0 Å². The molecular weight excluding hydrogens is 240 g/mol. The molecule has 4 nitrogen and oxygen atoms in total. The summed E-state index contributed by atoms with van der Waals surface area (Å²) >= 11 is 0. The molecule has 0 amide bonds. The number of rotatable bonds is 5. The molecule has 2 rings (SSSR count). The summed E-state index contributed by atoms with van der Waals surface area (Å²) < 4.78 is 5.65. The lowest BCUT2D eigenvalue weighted by atomic mass is 10.0. The molecule has 1 saturated heterocycles. The van der Waals surface area contributed by atoms with Crippen molar-refractivity contribution in [1.29, 1.82) is 0 Å². The zero-order valence-corrected chi connectivity index (χ0v) is 11.7. The van der Waals surface area contributed by atoms with Gasteiger partial charge in [-0.25, -0.2) is 0 Å². The van der Waals surface area contributed by atoms with E-state index in [1.807, 2.05) is 6.07 Å². The summed E-state index contributed by atoms with van der Waals surface area (Å²) in [4.78, 5) is 2.46. The average molecular weight is 264 g/mol. The van der Waals surface area contributed by atoms with Crippen LogP contribution in [0.25, 0.3) is 0 Å². The summed E-state index contributed by atoms with van der Waals surface area (Å²) in [6, 6.07) is 7.48. The minimum atomic E-state index is 0.0473. The minimum Gasteiger partial charge on any atom is -0.508 e. The fraction of sp³-hybridized carbons (Fsp3) is 0.600. The molecule has 1 aliphatic heterocycles. The monoisotopic (exact) mass is 264 g/mol. The van der Waals surface area contributed by atoms with E-state index in [-0.39, 0.29) is 11.8 Å². The third kappa shape index (κ3) is 3.85. The molecule has 0 radical (unpaired) electrons. The molecule has 2 unspecified atom stereocenters. The fourth-order valence-corrected chi connectivity index (χ4v) is 2.54. The molecule has 1 aliphatic rings. The number of phenols is 1. The van der Waals surface area contributed by atoms with Crippen molar-refractivity contribution < 1.29 is 9.84 Å². The Kier molecular flexibility index (Phi) is 4.66. The van der Waals surface area contributed by atoms with Crippen LogP contribution < -0.4 is 10.5 Å². The van der Waals surface area contributed by atoms with E-state index in [4.69, 9.17) is 10.5 Å². The summed E-state index contributed by atoms with van der Waals surface area (Å²) in [6.07, 6.45) is 1.14. The van der Waals surface area contributed by atoms with Gasteiger partial charge in [-0.15, -0.1) is 0 Å². The molecule has 1 heterocycles. The second kappa shape index (κ2) is 6.26. The molecule has 1 aromatic rings. The van der Waals surface area contributed by atoms with Gasteiger partial charge in [0.15, 0.2) is 0 Å². The highest BCUT2D eigenvalue weighted by Gasteiger charge is 2.28. The quantitative estimate of drug-likeness (QED) is 0.852. The Morgan fingerprint density at radius 3 is 2.89 bits per heavy atom. The van der Waals surface area contributed by atoms with E-state index in [0.717, 1.165) is 19.5 Å². The number of hydrogen-bond donors (Lipinski definition) is 2. The van der Waals surface area contributed by atoms with Gasteiger partial charge in [0, 0.05) is 24.7 Å². The molecule has 0 aliphatic carbocycles. The zero-order chi connectivity index (χ0) is 13.8. The highest BCUT2D eigenvalue weighted by atomic mass is 16.5. The summed E-state index contributed by atoms with van der Waals surface area (Å²) in [7, 11) is 0. The third-order valence-corrected chi connectivity index (χ3v) is 3.85. The minimum absolute atomic E-state index is 0.0473. The van der Waals surface area contributed by atoms with Gasteiger partial charge in [0.25, 0.3) is 0 Å². The van der Waals surface area contributed by atoms with Crippen LogP contribution >= 0.6 is 0 Å². The third-order valence-electron chi connectivity index (χ3n) is 3.85. The highest BCUT2D eigenvalue weighted by molar-refractivity contribution is 5.31. The number of ether oxygens (including phenoxy) is 1. The van der Waals surface area contributed by atoms with E-state index >= 15 is 0 Å². The van der Waals surface area contributed by atoms with Crippen molar-refractivity contribution in [3.8, 4) is 11.5 Å². The Morgan fingerprint density at radius 1 is 1.47 bits per heavy atom. The Balaban J connectivity index is 1.80. The molecule has 19 heavy (non-hydrogen) atoms. The van der Waals surface area contributed by atoms with Gasteiger partial charge < -0.3 is 20.5 Å². The normalized spacial score (nSPS) is 21.8. The maximum absolute atomic E-state index is 9.37. The highest BCUT2D eigenvalue weighted by Crippen LogP contribution is 2.22. The lowest BCUT2D eigenvalue weighted by Crippen LogP contribution is -2.38. The molecule has 2 atom stereocenters. The van der Waals surface area contributed by atoms with Crippen molar-refractivity contribution in [2.24, 2.45) is 11.7 Å². The lowest BCUT2D eigenvalue weighted by molar-refractivity contribution is 0.225. The zero-order valence-electron chi connectivity index (χ0n) is 11.7. The Bertz CT molecular complexity index is 409. The maximum Gasteiger partial charge on any atom is 0.123 e. The molecule has 4 heteroatoms. The summed E-state index contributed by atoms with van der Waals surface area (Å²) in [5, 5.41) is 9.37. The van der Waals surface area contributed by atoms with Gasteiger partial charge in [0.2, 0.25) is 0 Å². The van der Waals surface area contributed by atoms with Gasteiger partial charge in [0.1, 0.15) is 18.1 Å². The van der Waals surface area contributed by atoms with Crippen LogP contribution in [0.1, 0.15) is 20.3 Å². The van der Waals surface area contributed by atoms with E-state index in [0.29, 0.717) is 24.3 Å². The van der Waals surface area contributed by atoms with Crippen molar-refractivity contribution in [1.82, 2.24) is 4.90 Å². The van der Waals surface area contributed by atoms with Crippen LogP contribution in [0.4, 0.5) is 0 Å². The SMILES string of the molecule is CC(C)N1CCC(C(N)COc2cccc(O)c2)C1. The molecule has 0 saturated carbocycles. The van der Waals surface area contributed by atoms with E-state index in [1.165, 1.54) is 0 Å². The van der Waals surface area contributed by atoms with Crippen LogP contribution in [0, 0.1) is 5.92 Å². The smallest absolute Gasteiger partial charge is 0.123 e. The average Bonchev–Trinajstić information content (AvgIpc) is 2.86. The van der Waals surface area contributed by atoms with E-state index in [9.17, 15) is 5.11 Å². The molecule has 106 valence electrons. The predicted octanol–water partition coefficient (Wildman–Crippen LogP) is 1.83. The number of aromatic hydroxyl groups is 1. The second-order valence-electron chi connectivity index (χ2n) is 5.61. The van der Waals surface area contributed by atoms with Gasteiger partial charge in [-0.3, -0.25) is 0 Å². The first kappa shape index (κ1) is 14.2. The largest absolute Gasteiger partial charge is 0.508 e. The lowest BCUT2D eigenvalue weighted by Gasteiger charge is -2.23. The number of nitrogens with two attached hydrogens (primary N) is 1. The molecule has 3 N–H and O–H groups in total. The van der Waals surface area contributed by atoms with Crippen LogP contribution in [-0.4, -0.2) is 41.8 Å². The van der Waals surface area contributed by atoms with Crippen LogP contribution in [0.5, 0.6) is 11.5 Å². The molecule has 0 aromatic heterocycles. The van der Waals surface area contributed by atoms with Crippen molar-refractivity contribution >= 4 is 0 Å². The number of phenolic OH excluding ortho intramolecular Hbond substituents is 1. The molecule has 1 aromatic carbocycles. The topological polar surface area (TPSA) is 58.7 Å². The molecule has 0 bridgehead atoms. The number of nitrogens with zero attached hydrogens (tertiary/aromatic N) is 1. The summed E-state index contributed by atoms with van der Waals surface area (Å²) in [5.41, 5.74) is 6.21. The van der Waals surface area contributed by atoms with Gasteiger partial charge >= 0.3 is 0 Å². The Morgan fingerprint density at radius 2 is 2.26 bits per heavy atom. The van der Waals surface area contributed by atoms with E-state index in [2.05, 4.69) is 18.7 Å². The van der Waals surface area contributed by atoms with Crippen LogP contribution in [0.15, 0.2) is 24.3 Å². The van der Waals surface area contributed by atoms with Crippen molar-refractivity contribution in [3.05, 3.63) is 24.3 Å². The number of benzene rings is 1. The van der Waals surface area contributed by atoms with Crippen molar-refractivity contribution in [3.63, 3.8) is 0 Å². The predicted molar refractivity (Wildman–Crippen MR) is 76.4 cm³/mol. The number of likely N-dealkylation sites (tertiary alicyclic amines) is 1. The van der Waals surface area contributed by atoms with Crippen molar-refractivity contribution in [2.45, 2.75) is 32.4 Å². The van der Waals surface area contributed by atoms with Crippen LogP contribution in [0.2, 0.25) is 0 Å². The van der Waals surface area contributed by atoms with Crippen molar-refractivity contribution in [2.75, 3.05) is 19.7 Å². The molecular formula is C15H24N2O2. The molecule has 1 fully saturated rings.